The van der Waals surface area contributed by atoms with Gasteiger partial charge in [0.15, 0.2) is 0 Å². The number of H-pyrrole nitrogens is 1. The average Bonchev–Trinajstić information content (AvgIpc) is 2.67. The summed E-state index contributed by atoms with van der Waals surface area (Å²) in [6.45, 7) is 0.473. The Morgan fingerprint density at radius 3 is 2.57 bits per heavy atom. The second kappa shape index (κ2) is 3.82. The quantitative estimate of drug-likeness (QED) is 0.793. The SMILES string of the molecule is NCc1cc(-c2ccc(Cl)cc2)n[nH]1. The molecule has 4 heteroatoms. The van der Waals surface area contributed by atoms with Crippen molar-refractivity contribution in [1.82, 2.24) is 10.2 Å². The number of aromatic nitrogens is 2. The molecule has 2 aromatic rings. The normalized spacial score (nSPS) is 10.4. The fraction of sp³-hybridized carbons (Fsp3) is 0.100. The molecule has 1 aromatic heterocycles. The number of nitrogens with zero attached hydrogens (tertiary/aromatic N) is 1. The summed E-state index contributed by atoms with van der Waals surface area (Å²) in [6, 6.07) is 9.47. The summed E-state index contributed by atoms with van der Waals surface area (Å²) >= 11 is 5.78. The van der Waals surface area contributed by atoms with E-state index in [1.807, 2.05) is 30.3 Å². The molecule has 0 aliphatic carbocycles. The van der Waals surface area contributed by atoms with Gasteiger partial charge < -0.3 is 5.73 Å². The lowest BCUT2D eigenvalue weighted by Gasteiger charge is -1.94. The molecule has 2 rings (SSSR count). The Labute approximate surface area is 86.9 Å². The van der Waals surface area contributed by atoms with Gasteiger partial charge in [-0.05, 0) is 18.2 Å². The highest BCUT2D eigenvalue weighted by Gasteiger charge is 2.01. The van der Waals surface area contributed by atoms with Gasteiger partial charge in [-0.15, -0.1) is 0 Å². The maximum Gasteiger partial charge on any atom is 0.0924 e. The van der Waals surface area contributed by atoms with Gasteiger partial charge >= 0.3 is 0 Å². The van der Waals surface area contributed by atoms with Crippen molar-refractivity contribution in [3.8, 4) is 11.3 Å². The Balaban J connectivity index is 2.34. The molecule has 0 fully saturated rings. The number of nitrogens with one attached hydrogen (secondary N) is 1. The highest BCUT2D eigenvalue weighted by Crippen LogP contribution is 2.19. The predicted octanol–water partition coefficient (Wildman–Crippen LogP) is 2.19. The van der Waals surface area contributed by atoms with E-state index in [0.717, 1.165) is 22.0 Å². The van der Waals surface area contributed by atoms with Crippen molar-refractivity contribution in [2.75, 3.05) is 0 Å². The van der Waals surface area contributed by atoms with Gasteiger partial charge in [0.05, 0.1) is 5.69 Å². The highest BCUT2D eigenvalue weighted by atomic mass is 35.5. The monoisotopic (exact) mass is 207 g/mol. The van der Waals surface area contributed by atoms with Gasteiger partial charge in [-0.1, -0.05) is 23.7 Å². The van der Waals surface area contributed by atoms with E-state index >= 15 is 0 Å². The summed E-state index contributed by atoms with van der Waals surface area (Å²) in [7, 11) is 0. The smallest absolute Gasteiger partial charge is 0.0924 e. The van der Waals surface area contributed by atoms with E-state index in [4.69, 9.17) is 17.3 Å². The van der Waals surface area contributed by atoms with Crippen LogP contribution in [-0.4, -0.2) is 10.2 Å². The minimum Gasteiger partial charge on any atom is -0.325 e. The van der Waals surface area contributed by atoms with Crippen molar-refractivity contribution < 1.29 is 0 Å². The standard InChI is InChI=1S/C10H10ClN3/c11-8-3-1-7(2-4-8)10-5-9(6-12)13-14-10/h1-5H,6,12H2,(H,13,14). The molecule has 0 radical (unpaired) electrons. The zero-order chi connectivity index (χ0) is 9.97. The van der Waals surface area contributed by atoms with Gasteiger partial charge in [0.2, 0.25) is 0 Å². The van der Waals surface area contributed by atoms with Gasteiger partial charge in [0, 0.05) is 22.8 Å². The van der Waals surface area contributed by atoms with Gasteiger partial charge in [-0.3, -0.25) is 5.10 Å². The summed E-state index contributed by atoms with van der Waals surface area (Å²) in [5.74, 6) is 0. The topological polar surface area (TPSA) is 54.7 Å². The summed E-state index contributed by atoms with van der Waals surface area (Å²) in [4.78, 5) is 0. The van der Waals surface area contributed by atoms with Gasteiger partial charge in [-0.25, -0.2) is 0 Å². The Morgan fingerprint density at radius 1 is 1.29 bits per heavy atom. The van der Waals surface area contributed by atoms with Crippen LogP contribution in [0.3, 0.4) is 0 Å². The molecule has 0 amide bonds. The molecule has 0 aliphatic rings. The first-order valence-electron chi connectivity index (χ1n) is 4.30. The van der Waals surface area contributed by atoms with Crippen LogP contribution in [0.25, 0.3) is 11.3 Å². The van der Waals surface area contributed by atoms with Crippen LogP contribution in [0.5, 0.6) is 0 Å². The van der Waals surface area contributed by atoms with Crippen molar-refractivity contribution in [3.63, 3.8) is 0 Å². The molecule has 1 aromatic carbocycles. The largest absolute Gasteiger partial charge is 0.325 e. The molecule has 0 bridgehead atoms. The molecular formula is C10H10ClN3. The Bertz CT molecular complexity index is 419. The molecule has 0 spiro atoms. The molecule has 0 unspecified atom stereocenters. The Morgan fingerprint density at radius 2 is 2.00 bits per heavy atom. The second-order valence-electron chi connectivity index (χ2n) is 2.99. The maximum atomic E-state index is 5.78. The molecule has 0 atom stereocenters. The van der Waals surface area contributed by atoms with Crippen LogP contribution in [0.15, 0.2) is 30.3 Å². The second-order valence-corrected chi connectivity index (χ2v) is 3.43. The number of aromatic amines is 1. The van der Waals surface area contributed by atoms with Crippen molar-refractivity contribution >= 4 is 11.6 Å². The zero-order valence-corrected chi connectivity index (χ0v) is 8.25. The minimum atomic E-state index is 0.473. The van der Waals surface area contributed by atoms with Crippen LogP contribution in [0.4, 0.5) is 0 Å². The van der Waals surface area contributed by atoms with Crippen LogP contribution in [0.1, 0.15) is 5.69 Å². The maximum absolute atomic E-state index is 5.78. The van der Waals surface area contributed by atoms with Gasteiger partial charge in [0.1, 0.15) is 0 Å². The van der Waals surface area contributed by atoms with Crippen molar-refractivity contribution in [1.29, 1.82) is 0 Å². The van der Waals surface area contributed by atoms with E-state index < -0.39 is 0 Å². The lowest BCUT2D eigenvalue weighted by molar-refractivity contribution is 0.948. The van der Waals surface area contributed by atoms with Crippen LogP contribution in [0, 0.1) is 0 Å². The van der Waals surface area contributed by atoms with E-state index in [-0.39, 0.29) is 0 Å². The number of nitrogens with two attached hydrogens (primary N) is 1. The third-order valence-electron chi connectivity index (χ3n) is 1.99. The molecule has 1 heterocycles. The molecular weight excluding hydrogens is 198 g/mol. The van der Waals surface area contributed by atoms with E-state index in [1.165, 1.54) is 0 Å². The van der Waals surface area contributed by atoms with Crippen LogP contribution in [0.2, 0.25) is 5.02 Å². The van der Waals surface area contributed by atoms with E-state index in [1.54, 1.807) is 0 Å². The molecule has 0 saturated heterocycles. The minimum absolute atomic E-state index is 0.473. The first kappa shape index (κ1) is 9.24. The zero-order valence-electron chi connectivity index (χ0n) is 7.50. The fourth-order valence-electron chi connectivity index (χ4n) is 1.23. The number of halogens is 1. The van der Waals surface area contributed by atoms with Crippen molar-refractivity contribution in [2.45, 2.75) is 6.54 Å². The van der Waals surface area contributed by atoms with Crippen molar-refractivity contribution in [2.24, 2.45) is 5.73 Å². The van der Waals surface area contributed by atoms with Crippen LogP contribution in [-0.2, 0) is 6.54 Å². The van der Waals surface area contributed by atoms with E-state index in [2.05, 4.69) is 10.2 Å². The summed E-state index contributed by atoms with van der Waals surface area (Å²) in [6.07, 6.45) is 0. The fourth-order valence-corrected chi connectivity index (χ4v) is 1.36. The lowest BCUT2D eigenvalue weighted by atomic mass is 10.1. The van der Waals surface area contributed by atoms with Gasteiger partial charge in [0.25, 0.3) is 0 Å². The van der Waals surface area contributed by atoms with E-state index in [0.29, 0.717) is 6.54 Å². The number of benzene rings is 1. The summed E-state index contributed by atoms with van der Waals surface area (Å²) in [5.41, 5.74) is 8.32. The predicted molar refractivity (Wildman–Crippen MR) is 56.9 cm³/mol. The molecule has 0 saturated carbocycles. The van der Waals surface area contributed by atoms with E-state index in [9.17, 15) is 0 Å². The molecule has 3 nitrogen and oxygen atoms in total. The number of hydrogen-bond acceptors (Lipinski definition) is 2. The van der Waals surface area contributed by atoms with Crippen LogP contribution >= 0.6 is 11.6 Å². The summed E-state index contributed by atoms with van der Waals surface area (Å²) in [5, 5.41) is 7.72. The number of hydrogen-bond donors (Lipinski definition) is 2. The molecule has 14 heavy (non-hydrogen) atoms. The average molecular weight is 208 g/mol. The Kier molecular flexibility index (Phi) is 2.52. The number of rotatable bonds is 2. The van der Waals surface area contributed by atoms with Gasteiger partial charge in [-0.2, -0.15) is 5.10 Å². The molecule has 3 N–H and O–H groups in total. The third-order valence-corrected chi connectivity index (χ3v) is 2.24. The first-order chi connectivity index (χ1) is 6.79. The lowest BCUT2D eigenvalue weighted by Crippen LogP contribution is -1.95. The van der Waals surface area contributed by atoms with Crippen molar-refractivity contribution in [3.05, 3.63) is 41.0 Å². The van der Waals surface area contributed by atoms with Crippen LogP contribution < -0.4 is 5.73 Å². The summed E-state index contributed by atoms with van der Waals surface area (Å²) < 4.78 is 0. The highest BCUT2D eigenvalue weighted by molar-refractivity contribution is 6.30. The third kappa shape index (κ3) is 1.78. The molecule has 0 aliphatic heterocycles. The Hall–Kier alpha value is -1.32. The first-order valence-corrected chi connectivity index (χ1v) is 4.67. The molecule has 72 valence electrons.